The van der Waals surface area contributed by atoms with Crippen LogP contribution in [0, 0.1) is 11.8 Å². The van der Waals surface area contributed by atoms with Crippen LogP contribution in [0.4, 0.5) is 0 Å². The normalized spacial score (nSPS) is 15.0. The molecule has 0 aliphatic heterocycles. The smallest absolute Gasteiger partial charge is 0.0168 e. The summed E-state index contributed by atoms with van der Waals surface area (Å²) >= 11 is 0. The van der Waals surface area contributed by atoms with Crippen LogP contribution in [0.15, 0.2) is 35.1 Å². The Morgan fingerprint density at radius 3 is 2.10 bits per heavy atom. The second-order valence-corrected chi connectivity index (χ2v) is 6.24. The lowest BCUT2D eigenvalue weighted by Crippen LogP contribution is -2.17. The van der Waals surface area contributed by atoms with Crippen LogP contribution in [0.1, 0.15) is 73.6 Å². The third kappa shape index (κ3) is 6.54. The Bertz CT molecular complexity index is 371. The van der Waals surface area contributed by atoms with Gasteiger partial charge in [0.15, 0.2) is 0 Å². The summed E-state index contributed by atoms with van der Waals surface area (Å²) in [7, 11) is 2.06. The summed E-state index contributed by atoms with van der Waals surface area (Å²) in [5.74, 6) is 1.20. The first kappa shape index (κ1) is 20.0. The largest absolute Gasteiger partial charge is 0.391 e. The van der Waals surface area contributed by atoms with Crippen LogP contribution >= 0.6 is 0 Å². The van der Waals surface area contributed by atoms with Crippen LogP contribution < -0.4 is 5.32 Å². The highest BCUT2D eigenvalue weighted by Crippen LogP contribution is 2.27. The van der Waals surface area contributed by atoms with E-state index in [4.69, 9.17) is 0 Å². The van der Waals surface area contributed by atoms with Crippen molar-refractivity contribution in [3.8, 4) is 0 Å². The average molecular weight is 292 g/mol. The van der Waals surface area contributed by atoms with Gasteiger partial charge in [0.05, 0.1) is 0 Å². The summed E-state index contributed by atoms with van der Waals surface area (Å²) in [5.41, 5.74) is 5.82. The van der Waals surface area contributed by atoms with Gasteiger partial charge in [-0.05, 0) is 55.1 Å². The van der Waals surface area contributed by atoms with E-state index in [0.29, 0.717) is 11.8 Å². The predicted octanol–water partition coefficient (Wildman–Crippen LogP) is 6.24. The lowest BCUT2D eigenvalue weighted by Gasteiger charge is -2.21. The maximum Gasteiger partial charge on any atom is 0.0168 e. The quantitative estimate of drug-likeness (QED) is 0.371. The van der Waals surface area contributed by atoms with E-state index in [9.17, 15) is 0 Å². The highest BCUT2D eigenvalue weighted by molar-refractivity contribution is 5.35. The fourth-order valence-electron chi connectivity index (χ4n) is 2.69. The molecule has 0 rings (SSSR count). The molecule has 0 fully saturated rings. The molecule has 1 N–H and O–H groups in total. The molecule has 21 heavy (non-hydrogen) atoms. The number of hydrogen-bond acceptors (Lipinski definition) is 1. The Kier molecular flexibility index (Phi) is 10.2. The van der Waals surface area contributed by atoms with Crippen LogP contribution in [-0.4, -0.2) is 7.05 Å². The zero-order chi connectivity index (χ0) is 16.4. The van der Waals surface area contributed by atoms with Gasteiger partial charge in [0, 0.05) is 12.7 Å². The average Bonchev–Trinajstić information content (AvgIpc) is 2.48. The zero-order valence-corrected chi connectivity index (χ0v) is 15.5. The minimum Gasteiger partial charge on any atom is -0.391 e. The van der Waals surface area contributed by atoms with E-state index in [1.807, 2.05) is 0 Å². The van der Waals surface area contributed by atoms with E-state index in [0.717, 1.165) is 25.7 Å². The van der Waals surface area contributed by atoms with Crippen molar-refractivity contribution in [2.75, 3.05) is 7.05 Å². The van der Waals surface area contributed by atoms with Gasteiger partial charge in [0.1, 0.15) is 0 Å². The Morgan fingerprint density at radius 2 is 1.71 bits per heavy atom. The third-order valence-corrected chi connectivity index (χ3v) is 4.49. The van der Waals surface area contributed by atoms with E-state index < -0.39 is 0 Å². The molecule has 1 nitrogen and oxygen atoms in total. The predicted molar refractivity (Wildman–Crippen MR) is 97.4 cm³/mol. The van der Waals surface area contributed by atoms with E-state index in [1.54, 1.807) is 0 Å². The molecule has 0 bridgehead atoms. The fourth-order valence-corrected chi connectivity index (χ4v) is 2.69. The Hall–Kier alpha value is -0.980. The van der Waals surface area contributed by atoms with Crippen LogP contribution in [0.3, 0.4) is 0 Å². The Balaban J connectivity index is 5.18. The van der Waals surface area contributed by atoms with Crippen LogP contribution in [0.25, 0.3) is 0 Å². The van der Waals surface area contributed by atoms with Crippen molar-refractivity contribution in [1.29, 1.82) is 0 Å². The summed E-state index contributed by atoms with van der Waals surface area (Å²) in [6.07, 6.45) is 8.05. The van der Waals surface area contributed by atoms with Crippen molar-refractivity contribution in [3.63, 3.8) is 0 Å². The van der Waals surface area contributed by atoms with Crippen molar-refractivity contribution in [2.24, 2.45) is 11.8 Å². The molecule has 0 aliphatic carbocycles. The summed E-state index contributed by atoms with van der Waals surface area (Å²) in [6.45, 7) is 17.7. The lowest BCUT2D eigenvalue weighted by molar-refractivity contribution is 0.600. The topological polar surface area (TPSA) is 12.0 Å². The molecular formula is C20H37N. The molecule has 0 saturated heterocycles. The second kappa shape index (κ2) is 10.7. The van der Waals surface area contributed by atoms with Gasteiger partial charge in [0.2, 0.25) is 0 Å². The summed E-state index contributed by atoms with van der Waals surface area (Å²) in [4.78, 5) is 0. The fraction of sp³-hybridized carbons (Fsp3) is 0.700. The van der Waals surface area contributed by atoms with E-state index in [-0.39, 0.29) is 0 Å². The molecule has 1 heteroatoms. The molecule has 0 aromatic rings. The molecule has 1 unspecified atom stereocenters. The van der Waals surface area contributed by atoms with Gasteiger partial charge in [-0.25, -0.2) is 0 Å². The Labute approximate surface area is 133 Å². The lowest BCUT2D eigenvalue weighted by atomic mass is 9.91. The molecule has 1 atom stereocenters. The molecule has 0 amide bonds. The van der Waals surface area contributed by atoms with Gasteiger partial charge >= 0.3 is 0 Å². The molecule has 0 aromatic carbocycles. The molecular weight excluding hydrogens is 254 g/mol. The van der Waals surface area contributed by atoms with Crippen molar-refractivity contribution < 1.29 is 0 Å². The minimum atomic E-state index is 0.595. The van der Waals surface area contributed by atoms with E-state index in [2.05, 4.69) is 66.6 Å². The molecule has 0 aromatic heterocycles. The van der Waals surface area contributed by atoms with E-state index >= 15 is 0 Å². The van der Waals surface area contributed by atoms with Gasteiger partial charge in [-0.1, -0.05) is 59.8 Å². The van der Waals surface area contributed by atoms with Crippen molar-refractivity contribution >= 4 is 0 Å². The van der Waals surface area contributed by atoms with Crippen molar-refractivity contribution in [2.45, 2.75) is 73.6 Å². The van der Waals surface area contributed by atoms with Gasteiger partial charge in [-0.3, -0.25) is 0 Å². The number of rotatable bonds is 10. The Morgan fingerprint density at radius 1 is 1.10 bits per heavy atom. The highest BCUT2D eigenvalue weighted by Gasteiger charge is 2.13. The summed E-state index contributed by atoms with van der Waals surface area (Å²) in [6, 6.07) is 0. The van der Waals surface area contributed by atoms with Crippen LogP contribution in [-0.2, 0) is 0 Å². The maximum atomic E-state index is 4.18. The molecule has 0 heterocycles. The molecule has 122 valence electrons. The second-order valence-electron chi connectivity index (χ2n) is 6.24. The van der Waals surface area contributed by atoms with Crippen LogP contribution in [0.5, 0.6) is 0 Å². The SMILES string of the molecule is C=C(CC/C=C(CC)\C(CC)=C(/NC)C(C)CC)C(C)C. The first-order valence-electron chi connectivity index (χ1n) is 8.70. The third-order valence-electron chi connectivity index (χ3n) is 4.49. The minimum absolute atomic E-state index is 0.595. The summed E-state index contributed by atoms with van der Waals surface area (Å²) < 4.78 is 0. The van der Waals surface area contributed by atoms with E-state index in [1.165, 1.54) is 28.8 Å². The number of allylic oxidation sites excluding steroid dienone is 5. The first-order valence-corrected chi connectivity index (χ1v) is 8.70. The molecule has 0 aliphatic rings. The number of hydrogen-bond donors (Lipinski definition) is 1. The van der Waals surface area contributed by atoms with Crippen molar-refractivity contribution in [3.05, 3.63) is 35.1 Å². The molecule has 0 radical (unpaired) electrons. The molecule has 0 saturated carbocycles. The van der Waals surface area contributed by atoms with Gasteiger partial charge < -0.3 is 5.32 Å². The van der Waals surface area contributed by atoms with Gasteiger partial charge in [-0.2, -0.15) is 0 Å². The highest BCUT2D eigenvalue weighted by atomic mass is 14.8. The van der Waals surface area contributed by atoms with Crippen molar-refractivity contribution in [1.82, 2.24) is 5.32 Å². The maximum absolute atomic E-state index is 4.18. The monoisotopic (exact) mass is 291 g/mol. The zero-order valence-electron chi connectivity index (χ0n) is 15.5. The number of nitrogens with one attached hydrogen (secondary N) is 1. The standard InChI is InChI=1S/C20H37N/c1-9-16(6)20(21-8)19(11-3)18(10-2)14-12-13-17(7)15(4)5/h14-16,21H,7,9-13H2,1-6,8H3/b18-14-,20-19-. The summed E-state index contributed by atoms with van der Waals surface area (Å²) in [5, 5.41) is 3.46. The van der Waals surface area contributed by atoms with Gasteiger partial charge in [-0.15, -0.1) is 0 Å². The molecule has 0 spiro atoms. The van der Waals surface area contributed by atoms with Crippen LogP contribution in [0.2, 0.25) is 0 Å². The van der Waals surface area contributed by atoms with Gasteiger partial charge in [0.25, 0.3) is 0 Å². The first-order chi connectivity index (χ1) is 9.92.